The number of carbonyl (C=O) groups is 1. The van der Waals surface area contributed by atoms with Crippen molar-refractivity contribution in [2.24, 2.45) is 10.7 Å². The fourth-order valence-electron chi connectivity index (χ4n) is 1.38. The van der Waals surface area contributed by atoms with E-state index >= 15 is 0 Å². The second kappa shape index (κ2) is 6.55. The molecule has 0 saturated heterocycles. The second-order valence-electron chi connectivity index (χ2n) is 4.00. The number of nitrogens with two attached hydrogens (primary N) is 1. The number of amidine groups is 1. The first kappa shape index (κ1) is 15.5. The Morgan fingerprint density at radius 1 is 1.55 bits per heavy atom. The molecule has 0 aromatic heterocycles. The molecule has 1 amide bonds. The summed E-state index contributed by atoms with van der Waals surface area (Å²) in [5, 5.41) is 9.38. The molecular formula is C13H16FN3O3. The Morgan fingerprint density at radius 3 is 2.75 bits per heavy atom. The van der Waals surface area contributed by atoms with Gasteiger partial charge >= 0.3 is 0 Å². The third kappa shape index (κ3) is 3.71. The van der Waals surface area contributed by atoms with E-state index in [9.17, 15) is 14.3 Å². The minimum absolute atomic E-state index is 0.00485. The number of amides is 1. The molecule has 0 saturated carbocycles. The predicted molar refractivity (Wildman–Crippen MR) is 73.7 cm³/mol. The summed E-state index contributed by atoms with van der Waals surface area (Å²) >= 11 is 0. The van der Waals surface area contributed by atoms with E-state index in [1.165, 1.54) is 31.2 Å². The molecular weight excluding hydrogens is 265 g/mol. The third-order valence-electron chi connectivity index (χ3n) is 2.54. The summed E-state index contributed by atoms with van der Waals surface area (Å²) in [7, 11) is 2.84. The maximum atomic E-state index is 13.4. The summed E-state index contributed by atoms with van der Waals surface area (Å²) in [6.45, 7) is 1.60. The van der Waals surface area contributed by atoms with Crippen LogP contribution in [-0.2, 0) is 4.79 Å². The van der Waals surface area contributed by atoms with Gasteiger partial charge in [0.15, 0.2) is 17.3 Å². The summed E-state index contributed by atoms with van der Waals surface area (Å²) in [5.74, 6) is -0.921. The fourth-order valence-corrected chi connectivity index (χ4v) is 1.38. The van der Waals surface area contributed by atoms with Gasteiger partial charge in [-0.05, 0) is 30.7 Å². The number of phenols is 1. The molecule has 0 atom stereocenters. The van der Waals surface area contributed by atoms with Crippen molar-refractivity contribution in [1.82, 2.24) is 4.90 Å². The van der Waals surface area contributed by atoms with Crippen LogP contribution in [0.15, 0.2) is 22.9 Å². The van der Waals surface area contributed by atoms with E-state index in [-0.39, 0.29) is 11.6 Å². The number of aliphatic imine (C=N–C) groups is 1. The lowest BCUT2D eigenvalue weighted by Gasteiger charge is -2.09. The van der Waals surface area contributed by atoms with Crippen LogP contribution in [0.2, 0.25) is 0 Å². The average molecular weight is 281 g/mol. The number of methoxy groups -OCH3 is 1. The van der Waals surface area contributed by atoms with Gasteiger partial charge in [-0.1, -0.05) is 0 Å². The molecule has 20 heavy (non-hydrogen) atoms. The van der Waals surface area contributed by atoms with Crippen molar-refractivity contribution in [3.8, 4) is 11.5 Å². The number of hydrogen-bond donors (Lipinski definition) is 2. The molecule has 0 unspecified atom stereocenters. The van der Waals surface area contributed by atoms with Crippen LogP contribution < -0.4 is 10.5 Å². The van der Waals surface area contributed by atoms with Gasteiger partial charge < -0.3 is 20.5 Å². The first-order valence-electron chi connectivity index (χ1n) is 5.66. The van der Waals surface area contributed by atoms with Crippen molar-refractivity contribution < 1.29 is 19.0 Å². The van der Waals surface area contributed by atoms with Gasteiger partial charge in [0.05, 0.1) is 7.11 Å². The quantitative estimate of drug-likeness (QED) is 0.494. The lowest BCUT2D eigenvalue weighted by atomic mass is 10.2. The Labute approximate surface area is 116 Å². The number of hydrogen-bond acceptors (Lipinski definition) is 5. The van der Waals surface area contributed by atoms with E-state index in [0.717, 1.165) is 6.07 Å². The van der Waals surface area contributed by atoms with E-state index in [1.54, 1.807) is 6.92 Å². The Bertz CT molecular complexity index is 570. The minimum Gasteiger partial charge on any atom is -0.502 e. The van der Waals surface area contributed by atoms with Crippen LogP contribution in [0, 0.1) is 5.82 Å². The molecule has 0 aliphatic rings. The normalized spacial score (nSPS) is 12.2. The van der Waals surface area contributed by atoms with Gasteiger partial charge in [0.1, 0.15) is 11.7 Å². The van der Waals surface area contributed by atoms with Gasteiger partial charge in [-0.25, -0.2) is 9.38 Å². The van der Waals surface area contributed by atoms with Crippen molar-refractivity contribution in [2.45, 2.75) is 6.92 Å². The minimum atomic E-state index is -0.825. The lowest BCUT2D eigenvalue weighted by molar-refractivity contribution is -0.114. The molecule has 0 aliphatic heterocycles. The molecule has 1 aromatic carbocycles. The number of rotatable bonds is 4. The summed E-state index contributed by atoms with van der Waals surface area (Å²) in [5.41, 5.74) is 6.06. The van der Waals surface area contributed by atoms with E-state index in [1.807, 2.05) is 0 Å². The van der Waals surface area contributed by atoms with E-state index in [4.69, 9.17) is 10.5 Å². The van der Waals surface area contributed by atoms with Gasteiger partial charge in [0.2, 0.25) is 6.41 Å². The van der Waals surface area contributed by atoms with Crippen LogP contribution in [0.5, 0.6) is 11.5 Å². The lowest BCUT2D eigenvalue weighted by Crippen LogP contribution is -2.22. The molecule has 0 heterocycles. The zero-order valence-electron chi connectivity index (χ0n) is 11.4. The van der Waals surface area contributed by atoms with E-state index in [2.05, 4.69) is 4.99 Å². The Hall–Kier alpha value is -2.57. The van der Waals surface area contributed by atoms with Crippen LogP contribution in [0.4, 0.5) is 4.39 Å². The van der Waals surface area contributed by atoms with Crippen molar-refractivity contribution in [1.29, 1.82) is 0 Å². The first-order chi connectivity index (χ1) is 9.38. The summed E-state index contributed by atoms with van der Waals surface area (Å²) in [6, 6.07) is 2.51. The highest BCUT2D eigenvalue weighted by atomic mass is 19.1. The van der Waals surface area contributed by atoms with E-state index < -0.39 is 11.6 Å². The predicted octanol–water partition coefficient (Wildman–Crippen LogP) is 1.30. The number of phenolic OH excluding ortho intramolecular Hbond substituents is 1. The van der Waals surface area contributed by atoms with Gasteiger partial charge in [0, 0.05) is 7.05 Å². The highest BCUT2D eigenvalue weighted by molar-refractivity contribution is 5.89. The average Bonchev–Trinajstić information content (AvgIpc) is 2.41. The van der Waals surface area contributed by atoms with Crippen LogP contribution in [0.3, 0.4) is 0 Å². The van der Waals surface area contributed by atoms with Crippen molar-refractivity contribution in [2.75, 3.05) is 14.2 Å². The topological polar surface area (TPSA) is 88.2 Å². The van der Waals surface area contributed by atoms with Crippen LogP contribution in [-0.4, -0.2) is 36.4 Å². The number of aromatic hydroxyl groups is 1. The molecule has 0 spiro atoms. The monoisotopic (exact) mass is 281 g/mol. The van der Waals surface area contributed by atoms with Gasteiger partial charge in [-0.15, -0.1) is 0 Å². The summed E-state index contributed by atoms with van der Waals surface area (Å²) < 4.78 is 18.3. The first-order valence-corrected chi connectivity index (χ1v) is 5.66. The molecule has 1 aromatic rings. The smallest absolute Gasteiger partial charge is 0.214 e. The Kier molecular flexibility index (Phi) is 5.08. The number of halogens is 1. The Balaban J connectivity index is 3.11. The van der Waals surface area contributed by atoms with Crippen LogP contribution >= 0.6 is 0 Å². The Morgan fingerprint density at radius 2 is 2.20 bits per heavy atom. The highest BCUT2D eigenvalue weighted by Gasteiger charge is 2.09. The van der Waals surface area contributed by atoms with Crippen molar-refractivity contribution in [3.63, 3.8) is 0 Å². The zero-order valence-corrected chi connectivity index (χ0v) is 11.4. The molecule has 6 nitrogen and oxygen atoms in total. The number of nitrogens with zero attached hydrogens (tertiary/aromatic N) is 2. The maximum absolute atomic E-state index is 13.4. The fraction of sp³-hybridized carbons (Fsp3) is 0.231. The van der Waals surface area contributed by atoms with Crippen LogP contribution in [0.1, 0.15) is 12.5 Å². The number of carbonyl (C=O) groups excluding carboxylic acids is 1. The summed E-state index contributed by atoms with van der Waals surface area (Å²) in [6.07, 6.45) is 1.99. The van der Waals surface area contributed by atoms with Crippen LogP contribution in [0.25, 0.3) is 6.08 Å². The molecule has 0 fully saturated rings. The zero-order chi connectivity index (χ0) is 15.3. The largest absolute Gasteiger partial charge is 0.502 e. The molecule has 0 radical (unpaired) electrons. The number of benzene rings is 1. The third-order valence-corrected chi connectivity index (χ3v) is 2.54. The van der Waals surface area contributed by atoms with Gasteiger partial charge in [-0.3, -0.25) is 4.79 Å². The maximum Gasteiger partial charge on any atom is 0.214 e. The van der Waals surface area contributed by atoms with Gasteiger partial charge in [0.25, 0.3) is 0 Å². The van der Waals surface area contributed by atoms with Crippen molar-refractivity contribution >= 4 is 18.3 Å². The molecule has 7 heteroatoms. The van der Waals surface area contributed by atoms with Gasteiger partial charge in [-0.2, -0.15) is 0 Å². The molecule has 1 rings (SSSR count). The van der Waals surface area contributed by atoms with Crippen molar-refractivity contribution in [3.05, 3.63) is 29.3 Å². The highest BCUT2D eigenvalue weighted by Crippen LogP contribution is 2.30. The molecule has 108 valence electrons. The standard InChI is InChI=1S/C13H16FN3O3/c1-8(17(2)7-18)16-12(15)6-9-4-10(14)13(19)11(5-9)20-3/h4-7,19H,15H2,1-3H3/b12-6-,16-8-. The molecule has 0 bridgehead atoms. The molecule has 3 N–H and O–H groups in total. The number of ether oxygens (including phenoxy) is 1. The van der Waals surface area contributed by atoms with E-state index in [0.29, 0.717) is 17.8 Å². The second-order valence-corrected chi connectivity index (χ2v) is 4.00. The molecule has 0 aliphatic carbocycles. The summed E-state index contributed by atoms with van der Waals surface area (Å²) in [4.78, 5) is 15.8. The SMILES string of the molecule is COc1cc(/C=C(N)\N=C(\C)N(C)C=O)cc(F)c1O.